The van der Waals surface area contributed by atoms with Gasteiger partial charge in [-0.15, -0.1) is 0 Å². The molecule has 0 bridgehead atoms. The van der Waals surface area contributed by atoms with E-state index in [1.165, 1.54) is 25.0 Å². The molecule has 1 fully saturated rings. The molecule has 0 aromatic carbocycles. The molecule has 19 heavy (non-hydrogen) atoms. The first kappa shape index (κ1) is 14.8. The Morgan fingerprint density at radius 1 is 1.47 bits per heavy atom. The molecular formula is C13H21N3OS2. The molecule has 1 amide bonds. The Labute approximate surface area is 122 Å². The number of unbranched alkanes of at least 4 members (excludes halogenated alkanes) is 1. The molecule has 1 N–H and O–H groups in total. The first-order valence-electron chi connectivity index (χ1n) is 6.87. The molecule has 1 atom stereocenters. The van der Waals surface area contributed by atoms with Crippen LogP contribution in [0.5, 0.6) is 0 Å². The third kappa shape index (κ3) is 5.91. The van der Waals surface area contributed by atoms with Crippen molar-refractivity contribution in [2.75, 3.05) is 12.3 Å². The minimum absolute atomic E-state index is 0.167. The number of carbonyl (C=O) groups excluding carboxylic acids is 1. The number of nitrogens with one attached hydrogen (secondary N) is 1. The van der Waals surface area contributed by atoms with Crippen LogP contribution in [0.3, 0.4) is 0 Å². The Morgan fingerprint density at radius 2 is 2.42 bits per heavy atom. The van der Waals surface area contributed by atoms with Crippen molar-refractivity contribution in [3.8, 4) is 0 Å². The SMILES string of the molecule is O=C(CCCC[C@H]1CCSS1)NCCn1cccn1. The third-order valence-corrected chi connectivity index (χ3v) is 6.14. The molecule has 4 nitrogen and oxygen atoms in total. The highest BCUT2D eigenvalue weighted by Gasteiger charge is 2.15. The summed E-state index contributed by atoms with van der Waals surface area (Å²) >= 11 is 0. The molecule has 6 heteroatoms. The molecule has 0 radical (unpaired) electrons. The summed E-state index contributed by atoms with van der Waals surface area (Å²) in [5.41, 5.74) is 0. The van der Waals surface area contributed by atoms with Crippen LogP contribution in [0.2, 0.25) is 0 Å². The molecule has 2 heterocycles. The van der Waals surface area contributed by atoms with Crippen LogP contribution >= 0.6 is 21.6 Å². The second-order valence-electron chi connectivity index (χ2n) is 4.69. The van der Waals surface area contributed by atoms with E-state index in [0.29, 0.717) is 13.0 Å². The Kier molecular flexibility index (Phi) is 6.64. The average Bonchev–Trinajstić information content (AvgIpc) is 3.07. The fourth-order valence-corrected chi connectivity index (χ4v) is 5.08. The van der Waals surface area contributed by atoms with Gasteiger partial charge < -0.3 is 5.32 Å². The lowest BCUT2D eigenvalue weighted by atomic mass is 10.1. The lowest BCUT2D eigenvalue weighted by molar-refractivity contribution is -0.121. The van der Waals surface area contributed by atoms with Crippen molar-refractivity contribution in [2.45, 2.75) is 43.9 Å². The highest BCUT2D eigenvalue weighted by Crippen LogP contribution is 2.39. The van der Waals surface area contributed by atoms with Crippen LogP contribution in [-0.2, 0) is 11.3 Å². The molecule has 1 aromatic rings. The lowest BCUT2D eigenvalue weighted by Crippen LogP contribution is -2.27. The predicted octanol–water partition coefficient (Wildman–Crippen LogP) is 2.71. The molecule has 2 rings (SSSR count). The van der Waals surface area contributed by atoms with Gasteiger partial charge in [-0.25, -0.2) is 0 Å². The number of nitrogens with zero attached hydrogens (tertiary/aromatic N) is 2. The quantitative estimate of drug-likeness (QED) is 0.592. The summed E-state index contributed by atoms with van der Waals surface area (Å²) in [6.07, 6.45) is 9.10. The van der Waals surface area contributed by atoms with E-state index < -0.39 is 0 Å². The molecular weight excluding hydrogens is 278 g/mol. The molecule has 1 aliphatic rings. The van der Waals surface area contributed by atoms with Crippen molar-refractivity contribution in [1.82, 2.24) is 15.1 Å². The fourth-order valence-electron chi connectivity index (χ4n) is 2.05. The topological polar surface area (TPSA) is 46.9 Å². The number of hydrogen-bond acceptors (Lipinski definition) is 4. The average molecular weight is 299 g/mol. The van der Waals surface area contributed by atoms with E-state index in [2.05, 4.69) is 10.4 Å². The first-order chi connectivity index (χ1) is 9.34. The Morgan fingerprint density at radius 3 is 3.16 bits per heavy atom. The maximum Gasteiger partial charge on any atom is 0.220 e. The standard InChI is InChI=1S/C13H21N3OS2/c17-13(14-8-10-16-9-3-7-15-16)5-2-1-4-12-6-11-18-19-12/h3,7,9,12H,1-2,4-6,8,10-11H2,(H,14,17)/t12-/m0/s1. The maximum atomic E-state index is 11.6. The van der Waals surface area contributed by atoms with Gasteiger partial charge in [0.2, 0.25) is 5.91 Å². The van der Waals surface area contributed by atoms with Gasteiger partial charge in [0.15, 0.2) is 0 Å². The molecule has 1 aromatic heterocycles. The highest BCUT2D eigenvalue weighted by atomic mass is 33.1. The van der Waals surface area contributed by atoms with Crippen LogP contribution in [0, 0.1) is 0 Å². The predicted molar refractivity (Wildman–Crippen MR) is 82.2 cm³/mol. The normalized spacial score (nSPS) is 18.6. The van der Waals surface area contributed by atoms with Gasteiger partial charge in [-0.3, -0.25) is 9.48 Å². The zero-order valence-corrected chi connectivity index (χ0v) is 12.7. The summed E-state index contributed by atoms with van der Waals surface area (Å²) in [5, 5.41) is 7.86. The molecule has 0 saturated carbocycles. The van der Waals surface area contributed by atoms with Crippen LogP contribution < -0.4 is 5.32 Å². The molecule has 106 valence electrons. The van der Waals surface area contributed by atoms with Gasteiger partial charge in [0.05, 0.1) is 6.54 Å². The van der Waals surface area contributed by atoms with Gasteiger partial charge in [0, 0.05) is 36.4 Å². The van der Waals surface area contributed by atoms with Gasteiger partial charge >= 0.3 is 0 Å². The van der Waals surface area contributed by atoms with Crippen molar-refractivity contribution in [3.05, 3.63) is 18.5 Å². The fraction of sp³-hybridized carbons (Fsp3) is 0.692. The van der Waals surface area contributed by atoms with Crippen LogP contribution in [0.1, 0.15) is 32.1 Å². The van der Waals surface area contributed by atoms with Crippen molar-refractivity contribution >= 4 is 27.5 Å². The number of hydrogen-bond donors (Lipinski definition) is 1. The zero-order chi connectivity index (χ0) is 13.3. The van der Waals surface area contributed by atoms with E-state index in [-0.39, 0.29) is 5.91 Å². The van der Waals surface area contributed by atoms with Crippen molar-refractivity contribution < 1.29 is 4.79 Å². The first-order valence-corrected chi connectivity index (χ1v) is 9.25. The smallest absolute Gasteiger partial charge is 0.220 e. The van der Waals surface area contributed by atoms with Crippen LogP contribution in [0.4, 0.5) is 0 Å². The van der Waals surface area contributed by atoms with Gasteiger partial charge in [0.25, 0.3) is 0 Å². The van der Waals surface area contributed by atoms with E-state index in [0.717, 1.165) is 18.2 Å². The van der Waals surface area contributed by atoms with Crippen molar-refractivity contribution in [1.29, 1.82) is 0 Å². The van der Waals surface area contributed by atoms with E-state index in [1.807, 2.05) is 38.5 Å². The monoisotopic (exact) mass is 299 g/mol. The number of carbonyl (C=O) groups is 1. The number of amides is 1. The molecule has 0 spiro atoms. The molecule has 0 unspecified atom stereocenters. The van der Waals surface area contributed by atoms with Crippen LogP contribution in [-0.4, -0.2) is 33.2 Å². The summed E-state index contributed by atoms with van der Waals surface area (Å²) in [4.78, 5) is 11.6. The third-order valence-electron chi connectivity index (χ3n) is 3.13. The summed E-state index contributed by atoms with van der Waals surface area (Å²) in [6, 6.07) is 1.89. The summed E-state index contributed by atoms with van der Waals surface area (Å²) in [7, 11) is 4.01. The highest BCUT2D eigenvalue weighted by molar-refractivity contribution is 8.77. The Bertz CT molecular complexity index is 364. The molecule has 1 aliphatic heterocycles. The summed E-state index contributed by atoms with van der Waals surface area (Å²) < 4.78 is 1.83. The second-order valence-corrected chi connectivity index (χ2v) is 7.48. The van der Waals surface area contributed by atoms with Gasteiger partial charge in [0.1, 0.15) is 0 Å². The van der Waals surface area contributed by atoms with Crippen LogP contribution in [0.25, 0.3) is 0 Å². The van der Waals surface area contributed by atoms with Crippen LogP contribution in [0.15, 0.2) is 18.5 Å². The lowest BCUT2D eigenvalue weighted by Gasteiger charge is -2.07. The van der Waals surface area contributed by atoms with E-state index in [9.17, 15) is 4.79 Å². The maximum absolute atomic E-state index is 11.6. The van der Waals surface area contributed by atoms with Gasteiger partial charge in [-0.1, -0.05) is 28.0 Å². The minimum Gasteiger partial charge on any atom is -0.354 e. The Balaban J connectivity index is 1.45. The van der Waals surface area contributed by atoms with E-state index in [4.69, 9.17) is 0 Å². The largest absolute Gasteiger partial charge is 0.354 e. The van der Waals surface area contributed by atoms with Crippen molar-refractivity contribution in [2.24, 2.45) is 0 Å². The van der Waals surface area contributed by atoms with Gasteiger partial charge in [-0.2, -0.15) is 5.10 Å². The van der Waals surface area contributed by atoms with E-state index in [1.54, 1.807) is 6.20 Å². The zero-order valence-electron chi connectivity index (χ0n) is 11.1. The summed E-state index contributed by atoms with van der Waals surface area (Å²) in [5.74, 6) is 1.46. The molecule has 0 aliphatic carbocycles. The summed E-state index contributed by atoms with van der Waals surface area (Å²) in [6.45, 7) is 1.41. The van der Waals surface area contributed by atoms with Crippen molar-refractivity contribution in [3.63, 3.8) is 0 Å². The number of rotatable bonds is 8. The second kappa shape index (κ2) is 8.53. The molecule has 1 saturated heterocycles. The van der Waals surface area contributed by atoms with E-state index >= 15 is 0 Å². The number of aromatic nitrogens is 2. The van der Waals surface area contributed by atoms with Gasteiger partial charge in [-0.05, 0) is 25.3 Å². The Hall–Kier alpha value is -0.620. The minimum atomic E-state index is 0.167.